The van der Waals surface area contributed by atoms with Crippen molar-refractivity contribution >= 4 is 45.7 Å². The molecule has 1 aromatic heterocycles. The van der Waals surface area contributed by atoms with Gasteiger partial charge in [-0.2, -0.15) is 0 Å². The van der Waals surface area contributed by atoms with Gasteiger partial charge in [-0.15, -0.1) is 11.3 Å². The number of rotatable bonds is 6. The number of nitrogens with one attached hydrogen (secondary N) is 1. The van der Waals surface area contributed by atoms with Gasteiger partial charge in [-0.05, 0) is 36.6 Å². The fourth-order valence-electron chi connectivity index (χ4n) is 1.93. The van der Waals surface area contributed by atoms with Gasteiger partial charge in [0.05, 0.1) is 12.7 Å². The summed E-state index contributed by atoms with van der Waals surface area (Å²) in [5.41, 5.74) is 5.51. The Morgan fingerprint density at radius 2 is 1.96 bits per heavy atom. The van der Waals surface area contributed by atoms with Crippen LogP contribution in [0.3, 0.4) is 0 Å². The zero-order valence-corrected chi connectivity index (χ0v) is 14.9. The highest BCUT2D eigenvalue weighted by Crippen LogP contribution is 2.25. The number of primary amides is 1. The van der Waals surface area contributed by atoms with Crippen molar-refractivity contribution in [2.24, 2.45) is 5.73 Å². The molecule has 0 fully saturated rings. The van der Waals surface area contributed by atoms with Crippen molar-refractivity contribution in [2.45, 2.75) is 13.0 Å². The van der Waals surface area contributed by atoms with Gasteiger partial charge in [0.1, 0.15) is 16.3 Å². The number of nitrogens with two attached hydrogens (primary N) is 1. The Hall–Kier alpha value is -2.58. The summed E-state index contributed by atoms with van der Waals surface area (Å²) >= 11 is 7.01. The predicted octanol–water partition coefficient (Wildman–Crippen LogP) is 2.69. The van der Waals surface area contributed by atoms with Gasteiger partial charge in [0, 0.05) is 5.02 Å². The van der Waals surface area contributed by atoms with E-state index in [1.807, 2.05) is 0 Å². The molecule has 132 valence electrons. The molecule has 25 heavy (non-hydrogen) atoms. The lowest BCUT2D eigenvalue weighted by atomic mass is 10.2. The van der Waals surface area contributed by atoms with Crippen LogP contribution in [-0.4, -0.2) is 31.0 Å². The molecule has 0 saturated carbocycles. The van der Waals surface area contributed by atoms with Crippen molar-refractivity contribution in [2.75, 3.05) is 12.4 Å². The van der Waals surface area contributed by atoms with E-state index < -0.39 is 23.9 Å². The number of ether oxygens (including phenoxy) is 2. The van der Waals surface area contributed by atoms with Gasteiger partial charge in [-0.3, -0.25) is 9.59 Å². The number of hydrogen-bond donors (Lipinski definition) is 2. The van der Waals surface area contributed by atoms with Crippen LogP contribution >= 0.6 is 22.9 Å². The fraction of sp³-hybridized carbons (Fsp3) is 0.188. The van der Waals surface area contributed by atoms with Crippen molar-refractivity contribution in [3.05, 3.63) is 45.8 Å². The molecule has 1 aromatic carbocycles. The third-order valence-electron chi connectivity index (χ3n) is 3.20. The van der Waals surface area contributed by atoms with Crippen molar-refractivity contribution in [1.82, 2.24) is 0 Å². The predicted molar refractivity (Wildman–Crippen MR) is 94.3 cm³/mol. The van der Waals surface area contributed by atoms with E-state index in [9.17, 15) is 14.4 Å². The van der Waals surface area contributed by atoms with Crippen LogP contribution < -0.4 is 15.8 Å². The zero-order chi connectivity index (χ0) is 18.6. The van der Waals surface area contributed by atoms with E-state index in [4.69, 9.17) is 26.8 Å². The first kappa shape index (κ1) is 18.8. The van der Waals surface area contributed by atoms with Crippen LogP contribution in [0.2, 0.25) is 5.02 Å². The SMILES string of the molecule is COc1ccc(Cl)cc1C(=O)OC(C)C(=O)Nc1sccc1C(N)=O. The molecule has 9 heteroatoms. The lowest BCUT2D eigenvalue weighted by molar-refractivity contribution is -0.123. The minimum Gasteiger partial charge on any atom is -0.496 e. The van der Waals surface area contributed by atoms with Crippen LogP contribution in [-0.2, 0) is 9.53 Å². The van der Waals surface area contributed by atoms with Crippen LogP contribution in [0.4, 0.5) is 5.00 Å². The number of thiophene rings is 1. The number of halogens is 1. The third-order valence-corrected chi connectivity index (χ3v) is 4.27. The Labute approximate surface area is 152 Å². The molecule has 2 aromatic rings. The Bertz CT molecular complexity index is 821. The molecule has 2 amide bonds. The largest absolute Gasteiger partial charge is 0.496 e. The van der Waals surface area contributed by atoms with Gasteiger partial charge in [0.2, 0.25) is 0 Å². The Morgan fingerprint density at radius 3 is 2.60 bits per heavy atom. The topological polar surface area (TPSA) is 108 Å². The van der Waals surface area contributed by atoms with Gasteiger partial charge < -0.3 is 20.5 Å². The second-order valence-corrected chi connectivity index (χ2v) is 6.26. The number of carbonyl (C=O) groups excluding carboxylic acids is 3. The smallest absolute Gasteiger partial charge is 0.342 e. The van der Waals surface area contributed by atoms with E-state index in [1.165, 1.54) is 32.2 Å². The average Bonchev–Trinajstić information content (AvgIpc) is 3.03. The second-order valence-electron chi connectivity index (χ2n) is 4.91. The molecule has 0 aliphatic carbocycles. The standard InChI is InChI=1S/C16H15ClN2O5S/c1-8(14(21)19-15-10(13(18)20)5-6-25-15)24-16(22)11-7-9(17)3-4-12(11)23-2/h3-8H,1-2H3,(H2,18,20)(H,19,21). The summed E-state index contributed by atoms with van der Waals surface area (Å²) < 4.78 is 10.2. The fourth-order valence-corrected chi connectivity index (χ4v) is 2.90. The monoisotopic (exact) mass is 382 g/mol. The molecule has 1 heterocycles. The van der Waals surface area contributed by atoms with E-state index in [2.05, 4.69) is 5.32 Å². The number of benzene rings is 1. The quantitative estimate of drug-likeness (QED) is 0.747. The maximum atomic E-state index is 12.3. The van der Waals surface area contributed by atoms with Crippen LogP contribution in [0.25, 0.3) is 0 Å². The summed E-state index contributed by atoms with van der Waals surface area (Å²) in [4.78, 5) is 35.7. The zero-order valence-electron chi connectivity index (χ0n) is 13.4. The summed E-state index contributed by atoms with van der Waals surface area (Å²) in [5.74, 6) is -1.75. The lowest BCUT2D eigenvalue weighted by Crippen LogP contribution is -2.30. The summed E-state index contributed by atoms with van der Waals surface area (Å²) in [5, 5.41) is 4.75. The second kappa shape index (κ2) is 8.00. The van der Waals surface area contributed by atoms with E-state index in [0.717, 1.165) is 11.3 Å². The molecule has 0 radical (unpaired) electrons. The highest BCUT2D eigenvalue weighted by atomic mass is 35.5. The molecule has 1 unspecified atom stereocenters. The number of carbonyl (C=O) groups is 3. The van der Waals surface area contributed by atoms with Crippen molar-refractivity contribution in [3.63, 3.8) is 0 Å². The lowest BCUT2D eigenvalue weighted by Gasteiger charge is -2.14. The van der Waals surface area contributed by atoms with Gasteiger partial charge in [-0.1, -0.05) is 11.6 Å². The molecular formula is C16H15ClN2O5S. The van der Waals surface area contributed by atoms with Crippen molar-refractivity contribution < 1.29 is 23.9 Å². The summed E-state index contributed by atoms with van der Waals surface area (Å²) in [7, 11) is 1.40. The van der Waals surface area contributed by atoms with Gasteiger partial charge in [0.15, 0.2) is 6.10 Å². The molecular weight excluding hydrogens is 368 g/mol. The molecule has 1 atom stereocenters. The van der Waals surface area contributed by atoms with E-state index >= 15 is 0 Å². The van der Waals surface area contributed by atoms with Crippen LogP contribution in [0.1, 0.15) is 27.6 Å². The molecule has 0 spiro atoms. The Morgan fingerprint density at radius 1 is 1.24 bits per heavy atom. The van der Waals surface area contributed by atoms with Gasteiger partial charge in [0.25, 0.3) is 11.8 Å². The number of hydrogen-bond acceptors (Lipinski definition) is 6. The molecule has 2 rings (SSSR count). The number of esters is 1. The van der Waals surface area contributed by atoms with Gasteiger partial charge >= 0.3 is 5.97 Å². The minimum absolute atomic E-state index is 0.101. The number of methoxy groups -OCH3 is 1. The Kier molecular flexibility index (Phi) is 6.00. The van der Waals surface area contributed by atoms with Crippen molar-refractivity contribution in [1.29, 1.82) is 0 Å². The van der Waals surface area contributed by atoms with Crippen LogP contribution in [0.5, 0.6) is 5.75 Å². The van der Waals surface area contributed by atoms with E-state index in [1.54, 1.807) is 11.4 Å². The summed E-state index contributed by atoms with van der Waals surface area (Å²) in [6.07, 6.45) is -1.11. The average molecular weight is 383 g/mol. The van der Waals surface area contributed by atoms with Crippen LogP contribution in [0, 0.1) is 0 Å². The first-order valence-electron chi connectivity index (χ1n) is 7.06. The first-order valence-corrected chi connectivity index (χ1v) is 8.32. The van der Waals surface area contributed by atoms with Gasteiger partial charge in [-0.25, -0.2) is 4.79 Å². The van der Waals surface area contributed by atoms with E-state index in [0.29, 0.717) is 10.0 Å². The van der Waals surface area contributed by atoms with Crippen molar-refractivity contribution in [3.8, 4) is 5.75 Å². The summed E-state index contributed by atoms with van der Waals surface area (Å²) in [6.45, 7) is 1.40. The highest BCUT2D eigenvalue weighted by molar-refractivity contribution is 7.14. The molecule has 3 N–H and O–H groups in total. The molecule has 0 aliphatic rings. The maximum absolute atomic E-state index is 12.3. The molecule has 0 aliphatic heterocycles. The molecule has 0 saturated heterocycles. The maximum Gasteiger partial charge on any atom is 0.342 e. The minimum atomic E-state index is -1.11. The number of anilines is 1. The van der Waals surface area contributed by atoms with E-state index in [-0.39, 0.29) is 16.9 Å². The summed E-state index contributed by atoms with van der Waals surface area (Å²) in [6, 6.07) is 5.97. The molecule has 7 nitrogen and oxygen atoms in total. The molecule has 0 bridgehead atoms. The third kappa shape index (κ3) is 4.49. The number of amides is 2. The highest BCUT2D eigenvalue weighted by Gasteiger charge is 2.23. The Balaban J connectivity index is 2.08. The normalized spacial score (nSPS) is 11.5. The van der Waals surface area contributed by atoms with Crippen LogP contribution in [0.15, 0.2) is 29.6 Å². The first-order chi connectivity index (χ1) is 11.8.